The van der Waals surface area contributed by atoms with Crippen molar-refractivity contribution in [3.05, 3.63) is 48.3 Å². The van der Waals surface area contributed by atoms with Crippen LogP contribution in [-0.2, 0) is 6.54 Å². The van der Waals surface area contributed by atoms with E-state index in [9.17, 15) is 4.79 Å². The zero-order valence-electron chi connectivity index (χ0n) is 14.2. The summed E-state index contributed by atoms with van der Waals surface area (Å²) in [4.78, 5) is 14.6. The molecule has 0 radical (unpaired) electrons. The molecule has 1 aromatic carbocycles. The van der Waals surface area contributed by atoms with E-state index in [0.717, 1.165) is 30.7 Å². The topological polar surface area (TPSA) is 59.4 Å². The molecule has 1 saturated heterocycles. The van der Waals surface area contributed by atoms with Crippen LogP contribution >= 0.6 is 0 Å². The Morgan fingerprint density at radius 1 is 1.46 bits per heavy atom. The Morgan fingerprint density at radius 3 is 3.08 bits per heavy atom. The van der Waals surface area contributed by atoms with Gasteiger partial charge in [0.2, 0.25) is 0 Å². The Hall–Kier alpha value is -2.50. The van der Waals surface area contributed by atoms with Gasteiger partial charge < -0.3 is 15.0 Å². The number of aromatic nitrogens is 2. The molecule has 6 nitrogen and oxygen atoms in total. The fraction of sp³-hybridized carbons (Fsp3) is 0.444. The van der Waals surface area contributed by atoms with Gasteiger partial charge in [-0.1, -0.05) is 12.1 Å². The first-order valence-corrected chi connectivity index (χ1v) is 8.36. The van der Waals surface area contributed by atoms with Gasteiger partial charge in [-0.15, -0.1) is 0 Å². The highest BCUT2D eigenvalue weighted by Gasteiger charge is 2.30. The molecule has 1 aliphatic rings. The van der Waals surface area contributed by atoms with Crippen LogP contribution in [0, 0.1) is 0 Å². The molecule has 0 saturated carbocycles. The minimum atomic E-state index is -0.0139. The van der Waals surface area contributed by atoms with Crippen LogP contribution in [0.4, 0.5) is 4.79 Å². The molecule has 2 aromatic rings. The maximum atomic E-state index is 12.7. The van der Waals surface area contributed by atoms with E-state index >= 15 is 0 Å². The largest absolute Gasteiger partial charge is 0.497 e. The summed E-state index contributed by atoms with van der Waals surface area (Å²) in [6.45, 7) is 3.44. The van der Waals surface area contributed by atoms with Crippen molar-refractivity contribution in [1.29, 1.82) is 0 Å². The standard InChI is InChI=1S/C18H24N4O2/c1-14(13-21-10-5-9-19-21)20-18(23)22-11-4-8-17(22)15-6-3-7-16(12-15)24-2/h3,5-7,9-10,12,14,17H,4,8,11,13H2,1-2H3,(H,20,23)/t14-,17+/m0/s1. The fourth-order valence-electron chi connectivity index (χ4n) is 3.23. The Balaban J connectivity index is 1.64. The predicted molar refractivity (Wildman–Crippen MR) is 91.9 cm³/mol. The number of hydrogen-bond acceptors (Lipinski definition) is 3. The van der Waals surface area contributed by atoms with E-state index in [-0.39, 0.29) is 18.1 Å². The van der Waals surface area contributed by atoms with Gasteiger partial charge in [0, 0.05) is 25.0 Å². The molecule has 0 bridgehead atoms. The van der Waals surface area contributed by atoms with Crippen LogP contribution in [0.25, 0.3) is 0 Å². The Bertz CT molecular complexity index is 671. The second-order valence-electron chi connectivity index (χ2n) is 6.21. The summed E-state index contributed by atoms with van der Waals surface area (Å²) in [6, 6.07) is 9.97. The molecule has 0 spiro atoms. The van der Waals surface area contributed by atoms with Crippen molar-refractivity contribution < 1.29 is 9.53 Å². The van der Waals surface area contributed by atoms with E-state index in [2.05, 4.69) is 16.5 Å². The molecule has 3 rings (SSSR count). The van der Waals surface area contributed by atoms with Crippen LogP contribution in [0.3, 0.4) is 0 Å². The number of likely N-dealkylation sites (tertiary alicyclic amines) is 1. The van der Waals surface area contributed by atoms with Gasteiger partial charge in [0.25, 0.3) is 0 Å². The predicted octanol–water partition coefficient (Wildman–Crippen LogP) is 2.83. The molecule has 2 heterocycles. The number of urea groups is 1. The van der Waals surface area contributed by atoms with Gasteiger partial charge in [-0.25, -0.2) is 4.79 Å². The lowest BCUT2D eigenvalue weighted by molar-refractivity contribution is 0.188. The second-order valence-corrected chi connectivity index (χ2v) is 6.21. The van der Waals surface area contributed by atoms with Crippen LogP contribution in [0.1, 0.15) is 31.4 Å². The van der Waals surface area contributed by atoms with Gasteiger partial charge in [0.1, 0.15) is 5.75 Å². The van der Waals surface area contributed by atoms with Crippen LogP contribution in [0.5, 0.6) is 5.75 Å². The first kappa shape index (κ1) is 16.4. The second kappa shape index (κ2) is 7.38. The third kappa shape index (κ3) is 3.69. The van der Waals surface area contributed by atoms with E-state index in [1.165, 1.54) is 0 Å². The van der Waals surface area contributed by atoms with Crippen molar-refractivity contribution in [2.45, 2.75) is 38.4 Å². The minimum Gasteiger partial charge on any atom is -0.497 e. The molecule has 1 N–H and O–H groups in total. The number of rotatable bonds is 5. The van der Waals surface area contributed by atoms with Crippen molar-refractivity contribution in [1.82, 2.24) is 20.0 Å². The SMILES string of the molecule is COc1cccc([C@H]2CCCN2C(=O)N[C@@H](C)Cn2cccn2)c1. The highest BCUT2D eigenvalue weighted by Crippen LogP contribution is 2.33. The Kier molecular flexibility index (Phi) is 5.03. The zero-order valence-corrected chi connectivity index (χ0v) is 14.2. The normalized spacial score (nSPS) is 18.4. The number of nitrogens with zero attached hydrogens (tertiary/aromatic N) is 3. The Morgan fingerprint density at radius 2 is 2.33 bits per heavy atom. The van der Waals surface area contributed by atoms with Crippen LogP contribution < -0.4 is 10.1 Å². The number of carbonyl (C=O) groups is 1. The number of carbonyl (C=O) groups excluding carboxylic acids is 1. The maximum Gasteiger partial charge on any atom is 0.318 e. The molecular weight excluding hydrogens is 304 g/mol. The fourth-order valence-corrected chi connectivity index (χ4v) is 3.23. The highest BCUT2D eigenvalue weighted by molar-refractivity contribution is 5.75. The minimum absolute atomic E-state index is 0.0139. The molecule has 2 amide bonds. The number of nitrogens with one attached hydrogen (secondary N) is 1. The summed E-state index contributed by atoms with van der Waals surface area (Å²) >= 11 is 0. The molecule has 0 unspecified atom stereocenters. The lowest BCUT2D eigenvalue weighted by Crippen LogP contribution is -2.44. The molecule has 1 aliphatic heterocycles. The summed E-state index contributed by atoms with van der Waals surface area (Å²) in [6.07, 6.45) is 5.64. The van der Waals surface area contributed by atoms with Gasteiger partial charge in [0.15, 0.2) is 0 Å². The lowest BCUT2D eigenvalue weighted by Gasteiger charge is -2.27. The average Bonchev–Trinajstić information content (AvgIpc) is 3.26. The third-order valence-electron chi connectivity index (χ3n) is 4.38. The number of ether oxygens (including phenoxy) is 1. The van der Waals surface area contributed by atoms with E-state index in [4.69, 9.17) is 4.74 Å². The van der Waals surface area contributed by atoms with Crippen molar-refractivity contribution >= 4 is 6.03 Å². The Labute approximate surface area is 142 Å². The summed E-state index contributed by atoms with van der Waals surface area (Å²) in [5, 5.41) is 7.26. The summed E-state index contributed by atoms with van der Waals surface area (Å²) < 4.78 is 7.13. The van der Waals surface area contributed by atoms with E-state index < -0.39 is 0 Å². The van der Waals surface area contributed by atoms with E-state index in [1.807, 2.05) is 47.0 Å². The van der Waals surface area contributed by atoms with Crippen molar-refractivity contribution in [2.24, 2.45) is 0 Å². The number of amides is 2. The smallest absolute Gasteiger partial charge is 0.318 e. The molecule has 128 valence electrons. The van der Waals surface area contributed by atoms with Gasteiger partial charge >= 0.3 is 6.03 Å². The average molecular weight is 328 g/mol. The van der Waals surface area contributed by atoms with Crippen molar-refractivity contribution in [2.75, 3.05) is 13.7 Å². The van der Waals surface area contributed by atoms with Gasteiger partial charge in [-0.05, 0) is 43.5 Å². The molecule has 0 aliphatic carbocycles. The molecule has 1 fully saturated rings. The molecule has 24 heavy (non-hydrogen) atoms. The number of benzene rings is 1. The van der Waals surface area contributed by atoms with Gasteiger partial charge in [-0.2, -0.15) is 5.10 Å². The molecule has 2 atom stereocenters. The lowest BCUT2D eigenvalue weighted by atomic mass is 10.0. The third-order valence-corrected chi connectivity index (χ3v) is 4.38. The van der Waals surface area contributed by atoms with Crippen molar-refractivity contribution in [3.63, 3.8) is 0 Å². The highest BCUT2D eigenvalue weighted by atomic mass is 16.5. The number of methoxy groups -OCH3 is 1. The summed E-state index contributed by atoms with van der Waals surface area (Å²) in [7, 11) is 1.66. The van der Waals surface area contributed by atoms with Crippen LogP contribution in [0.15, 0.2) is 42.7 Å². The zero-order chi connectivity index (χ0) is 16.9. The molecule has 6 heteroatoms. The van der Waals surface area contributed by atoms with Crippen LogP contribution in [0.2, 0.25) is 0 Å². The molecule has 1 aromatic heterocycles. The van der Waals surface area contributed by atoms with Crippen LogP contribution in [-0.4, -0.2) is 40.4 Å². The summed E-state index contributed by atoms with van der Waals surface area (Å²) in [5.74, 6) is 0.826. The van der Waals surface area contributed by atoms with E-state index in [1.54, 1.807) is 13.3 Å². The van der Waals surface area contributed by atoms with Crippen molar-refractivity contribution in [3.8, 4) is 5.75 Å². The number of hydrogen-bond donors (Lipinski definition) is 1. The monoisotopic (exact) mass is 328 g/mol. The summed E-state index contributed by atoms with van der Waals surface area (Å²) in [5.41, 5.74) is 1.13. The van der Waals surface area contributed by atoms with Gasteiger partial charge in [-0.3, -0.25) is 4.68 Å². The first-order chi connectivity index (χ1) is 11.7. The van der Waals surface area contributed by atoms with Gasteiger partial charge in [0.05, 0.1) is 19.7 Å². The quantitative estimate of drug-likeness (QED) is 0.918. The first-order valence-electron chi connectivity index (χ1n) is 8.36. The molecular formula is C18H24N4O2. The maximum absolute atomic E-state index is 12.7. The van der Waals surface area contributed by atoms with E-state index in [0.29, 0.717) is 6.54 Å².